The first-order valence-corrected chi connectivity index (χ1v) is 7.75. The average molecular weight is 341 g/mol. The molecule has 0 spiro atoms. The molecule has 0 atom stereocenters. The van der Waals surface area contributed by atoms with Crippen molar-refractivity contribution in [2.45, 2.75) is 4.90 Å². The topological polar surface area (TPSA) is 63.4 Å². The average Bonchev–Trinajstić information content (AvgIpc) is 2.41. The molecule has 0 saturated heterocycles. The first-order valence-electron chi connectivity index (χ1n) is 5.52. The molecule has 0 amide bonds. The smallest absolute Gasteiger partial charge is 0.264 e. The number of sulfonamides is 1. The Morgan fingerprint density at radius 3 is 2.32 bits per heavy atom. The van der Waals surface area contributed by atoms with Crippen LogP contribution in [-0.2, 0) is 10.0 Å². The van der Waals surface area contributed by atoms with E-state index in [0.29, 0.717) is 15.8 Å². The Morgan fingerprint density at radius 1 is 1.11 bits per heavy atom. The summed E-state index contributed by atoms with van der Waals surface area (Å²) in [6.07, 6.45) is 0. The van der Waals surface area contributed by atoms with Gasteiger partial charge in [0.2, 0.25) is 0 Å². The fourth-order valence-electron chi connectivity index (χ4n) is 1.60. The van der Waals surface area contributed by atoms with Crippen molar-refractivity contribution in [3.05, 3.63) is 53.0 Å². The van der Waals surface area contributed by atoms with Gasteiger partial charge in [0.15, 0.2) is 0 Å². The molecule has 2 aromatic rings. The van der Waals surface area contributed by atoms with Gasteiger partial charge in [0.1, 0.15) is 0 Å². The van der Waals surface area contributed by atoms with E-state index < -0.39 is 10.0 Å². The molecule has 0 bridgehead atoms. The predicted molar refractivity (Wildman–Crippen MR) is 80.6 cm³/mol. The van der Waals surface area contributed by atoms with Gasteiger partial charge in [-0.1, -0.05) is 18.2 Å². The highest BCUT2D eigenvalue weighted by molar-refractivity contribution is 9.10. The Balaban J connectivity index is 2.45. The molecular formula is C13H13BrN2O2S. The molecule has 2 rings (SSSR count). The van der Waals surface area contributed by atoms with E-state index >= 15 is 0 Å². The normalized spacial score (nSPS) is 11.3. The summed E-state index contributed by atoms with van der Waals surface area (Å²) in [5.41, 5.74) is 6.77. The van der Waals surface area contributed by atoms with E-state index in [1.54, 1.807) is 30.3 Å². The van der Waals surface area contributed by atoms with Crippen molar-refractivity contribution in [1.29, 1.82) is 0 Å². The molecule has 0 aliphatic rings. The third kappa shape index (κ3) is 2.74. The quantitative estimate of drug-likeness (QED) is 0.873. The second-order valence-electron chi connectivity index (χ2n) is 3.99. The number of hydrogen-bond acceptors (Lipinski definition) is 3. The standard InChI is InChI=1S/C13H13BrN2O2S/c1-16(10-5-3-2-4-6-10)19(17,18)11-7-8-13(15)12(14)9-11/h2-9H,15H2,1H3. The number of rotatable bonds is 3. The molecule has 2 N–H and O–H groups in total. The van der Waals surface area contributed by atoms with Crippen molar-refractivity contribution >= 4 is 37.3 Å². The summed E-state index contributed by atoms with van der Waals surface area (Å²) < 4.78 is 26.7. The summed E-state index contributed by atoms with van der Waals surface area (Å²) in [7, 11) is -2.06. The van der Waals surface area contributed by atoms with Crippen LogP contribution in [0.15, 0.2) is 57.9 Å². The highest BCUT2D eigenvalue weighted by Crippen LogP contribution is 2.26. The molecule has 0 heterocycles. The van der Waals surface area contributed by atoms with Crippen LogP contribution >= 0.6 is 15.9 Å². The van der Waals surface area contributed by atoms with Crippen molar-refractivity contribution in [3.8, 4) is 0 Å². The Bertz CT molecular complexity index is 687. The van der Waals surface area contributed by atoms with Gasteiger partial charge in [-0.25, -0.2) is 8.42 Å². The zero-order chi connectivity index (χ0) is 14.0. The lowest BCUT2D eigenvalue weighted by molar-refractivity contribution is 0.594. The van der Waals surface area contributed by atoms with E-state index in [9.17, 15) is 8.42 Å². The number of halogens is 1. The summed E-state index contributed by atoms with van der Waals surface area (Å²) in [5, 5.41) is 0. The van der Waals surface area contributed by atoms with Crippen molar-refractivity contribution in [3.63, 3.8) is 0 Å². The third-order valence-corrected chi connectivity index (χ3v) is 5.22. The third-order valence-electron chi connectivity index (χ3n) is 2.75. The summed E-state index contributed by atoms with van der Waals surface area (Å²) in [6, 6.07) is 13.5. The maximum atomic E-state index is 12.5. The Kier molecular flexibility index (Phi) is 3.82. The number of nitrogen functional groups attached to an aromatic ring is 1. The van der Waals surface area contributed by atoms with Gasteiger partial charge in [0, 0.05) is 17.2 Å². The summed E-state index contributed by atoms with van der Waals surface area (Å²) >= 11 is 3.24. The van der Waals surface area contributed by atoms with Gasteiger partial charge in [-0.05, 0) is 46.3 Å². The van der Waals surface area contributed by atoms with Crippen LogP contribution < -0.4 is 10.0 Å². The maximum absolute atomic E-state index is 12.5. The van der Waals surface area contributed by atoms with Crippen LogP contribution in [0.3, 0.4) is 0 Å². The molecule has 0 fully saturated rings. The number of hydrogen-bond donors (Lipinski definition) is 1. The fraction of sp³-hybridized carbons (Fsp3) is 0.0769. The van der Waals surface area contributed by atoms with Crippen molar-refractivity contribution in [2.24, 2.45) is 0 Å². The lowest BCUT2D eigenvalue weighted by Gasteiger charge is -2.19. The van der Waals surface area contributed by atoms with E-state index in [1.807, 2.05) is 6.07 Å². The van der Waals surface area contributed by atoms with Crippen molar-refractivity contribution in [2.75, 3.05) is 17.1 Å². The van der Waals surface area contributed by atoms with E-state index in [1.165, 1.54) is 23.5 Å². The molecule has 4 nitrogen and oxygen atoms in total. The molecule has 0 aliphatic heterocycles. The molecule has 0 radical (unpaired) electrons. The van der Waals surface area contributed by atoms with Gasteiger partial charge in [0.05, 0.1) is 10.6 Å². The first kappa shape index (κ1) is 13.9. The Hall–Kier alpha value is -1.53. The Labute approximate surface area is 121 Å². The molecule has 100 valence electrons. The van der Waals surface area contributed by atoms with Crippen LogP contribution in [0.5, 0.6) is 0 Å². The van der Waals surface area contributed by atoms with E-state index in [-0.39, 0.29) is 4.90 Å². The van der Waals surface area contributed by atoms with Gasteiger partial charge in [-0.2, -0.15) is 0 Å². The van der Waals surface area contributed by atoms with Gasteiger partial charge in [-0.15, -0.1) is 0 Å². The van der Waals surface area contributed by atoms with E-state index in [2.05, 4.69) is 15.9 Å². The molecular weight excluding hydrogens is 328 g/mol. The van der Waals surface area contributed by atoms with Gasteiger partial charge < -0.3 is 5.73 Å². The summed E-state index contributed by atoms with van der Waals surface area (Å²) in [4.78, 5) is 0.194. The lowest BCUT2D eigenvalue weighted by Crippen LogP contribution is -2.26. The molecule has 2 aromatic carbocycles. The van der Waals surface area contributed by atoms with Gasteiger partial charge in [0.25, 0.3) is 10.0 Å². The Morgan fingerprint density at radius 2 is 1.74 bits per heavy atom. The predicted octanol–water partition coefficient (Wildman–Crippen LogP) is 2.86. The van der Waals surface area contributed by atoms with E-state index in [4.69, 9.17) is 5.73 Å². The second kappa shape index (κ2) is 5.22. The number of nitrogens with two attached hydrogens (primary N) is 1. The molecule has 0 aromatic heterocycles. The molecule has 0 unspecified atom stereocenters. The monoisotopic (exact) mass is 340 g/mol. The fourth-order valence-corrected chi connectivity index (χ4v) is 3.36. The van der Waals surface area contributed by atoms with Crippen LogP contribution in [0.1, 0.15) is 0 Å². The van der Waals surface area contributed by atoms with Crippen LogP contribution in [-0.4, -0.2) is 15.5 Å². The SMILES string of the molecule is CN(c1ccccc1)S(=O)(=O)c1ccc(N)c(Br)c1. The zero-order valence-electron chi connectivity index (χ0n) is 10.2. The molecule has 0 aliphatic carbocycles. The molecule has 19 heavy (non-hydrogen) atoms. The summed E-state index contributed by atoms with van der Waals surface area (Å²) in [5.74, 6) is 0. The number of para-hydroxylation sites is 1. The van der Waals surface area contributed by atoms with Crippen LogP contribution in [0.2, 0.25) is 0 Å². The molecule has 0 saturated carbocycles. The van der Waals surface area contributed by atoms with Gasteiger partial charge >= 0.3 is 0 Å². The minimum absolute atomic E-state index is 0.194. The number of benzene rings is 2. The summed E-state index contributed by atoms with van der Waals surface area (Å²) in [6.45, 7) is 0. The van der Waals surface area contributed by atoms with Crippen LogP contribution in [0.4, 0.5) is 11.4 Å². The van der Waals surface area contributed by atoms with Gasteiger partial charge in [-0.3, -0.25) is 4.31 Å². The molecule has 6 heteroatoms. The maximum Gasteiger partial charge on any atom is 0.264 e. The van der Waals surface area contributed by atoms with Crippen LogP contribution in [0.25, 0.3) is 0 Å². The second-order valence-corrected chi connectivity index (χ2v) is 6.81. The highest BCUT2D eigenvalue weighted by atomic mass is 79.9. The minimum Gasteiger partial charge on any atom is -0.398 e. The largest absolute Gasteiger partial charge is 0.398 e. The zero-order valence-corrected chi connectivity index (χ0v) is 12.6. The van der Waals surface area contributed by atoms with E-state index in [0.717, 1.165) is 0 Å². The first-order chi connectivity index (χ1) is 8.93. The number of nitrogens with zero attached hydrogens (tertiary/aromatic N) is 1. The van der Waals surface area contributed by atoms with Crippen molar-refractivity contribution < 1.29 is 8.42 Å². The highest BCUT2D eigenvalue weighted by Gasteiger charge is 2.21. The lowest BCUT2D eigenvalue weighted by atomic mass is 10.3. The van der Waals surface area contributed by atoms with Crippen molar-refractivity contribution in [1.82, 2.24) is 0 Å². The number of anilines is 2. The van der Waals surface area contributed by atoms with Crippen LogP contribution in [0, 0.1) is 0 Å². The minimum atomic E-state index is -3.58.